The topological polar surface area (TPSA) is 50.6 Å². The van der Waals surface area contributed by atoms with E-state index in [2.05, 4.69) is 21.4 Å². The fourth-order valence-electron chi connectivity index (χ4n) is 3.62. The van der Waals surface area contributed by atoms with Crippen LogP contribution in [0.2, 0.25) is 0 Å². The summed E-state index contributed by atoms with van der Waals surface area (Å²) in [7, 11) is 0. The summed E-state index contributed by atoms with van der Waals surface area (Å²) in [5.74, 6) is 1.33. The molecule has 128 valence electrons. The molecule has 0 saturated carbocycles. The Balaban J connectivity index is 1.43. The van der Waals surface area contributed by atoms with Gasteiger partial charge in [0.05, 0.1) is 0 Å². The normalized spacial score (nSPS) is 20.8. The van der Waals surface area contributed by atoms with E-state index in [9.17, 15) is 4.79 Å². The van der Waals surface area contributed by atoms with Crippen LogP contribution in [0.5, 0.6) is 0 Å². The lowest BCUT2D eigenvalue weighted by Crippen LogP contribution is -2.53. The van der Waals surface area contributed by atoms with Crippen molar-refractivity contribution in [1.82, 2.24) is 19.4 Å². The highest BCUT2D eigenvalue weighted by molar-refractivity contribution is 5.76. The molecule has 1 amide bonds. The molecule has 3 heterocycles. The summed E-state index contributed by atoms with van der Waals surface area (Å²) < 4.78 is 7.53. The second-order valence-electron chi connectivity index (χ2n) is 6.40. The summed E-state index contributed by atoms with van der Waals surface area (Å²) in [5, 5.41) is 0. The number of carbonyl (C=O) groups is 1. The van der Waals surface area contributed by atoms with Crippen LogP contribution in [0.3, 0.4) is 0 Å². The maximum Gasteiger partial charge on any atom is 0.224 e. The number of hydrogen-bond acceptors (Lipinski definition) is 4. The number of piperazine rings is 1. The lowest BCUT2D eigenvalue weighted by Gasteiger charge is -2.40. The lowest BCUT2D eigenvalue weighted by atomic mass is 10.1. The van der Waals surface area contributed by atoms with Gasteiger partial charge in [-0.25, -0.2) is 4.98 Å². The zero-order valence-corrected chi connectivity index (χ0v) is 14.1. The first kappa shape index (κ1) is 16.5. The molecule has 2 aliphatic heterocycles. The molecule has 23 heavy (non-hydrogen) atoms. The highest BCUT2D eigenvalue weighted by Crippen LogP contribution is 2.17. The van der Waals surface area contributed by atoms with Crippen molar-refractivity contribution in [2.45, 2.75) is 45.2 Å². The van der Waals surface area contributed by atoms with Crippen LogP contribution < -0.4 is 0 Å². The van der Waals surface area contributed by atoms with E-state index in [4.69, 9.17) is 4.74 Å². The van der Waals surface area contributed by atoms with E-state index < -0.39 is 0 Å². The van der Waals surface area contributed by atoms with E-state index >= 15 is 0 Å². The third-order valence-electron chi connectivity index (χ3n) is 5.06. The van der Waals surface area contributed by atoms with Gasteiger partial charge in [-0.2, -0.15) is 0 Å². The van der Waals surface area contributed by atoms with Crippen molar-refractivity contribution in [3.8, 4) is 0 Å². The fraction of sp³-hybridized carbons (Fsp3) is 0.765. The predicted octanol–water partition coefficient (Wildman–Crippen LogP) is 1.16. The minimum absolute atomic E-state index is 0.271. The molecule has 6 nitrogen and oxygen atoms in total. The van der Waals surface area contributed by atoms with Gasteiger partial charge < -0.3 is 14.2 Å². The molecule has 6 heteroatoms. The van der Waals surface area contributed by atoms with E-state index in [1.54, 1.807) is 0 Å². The largest absolute Gasteiger partial charge is 0.381 e. The summed E-state index contributed by atoms with van der Waals surface area (Å²) in [6.45, 7) is 8.33. The maximum absolute atomic E-state index is 12.4. The molecular formula is C17H28N4O2. The van der Waals surface area contributed by atoms with Crippen LogP contribution in [0, 0.1) is 0 Å². The number of amides is 1. The minimum Gasteiger partial charge on any atom is -0.381 e. The Morgan fingerprint density at radius 2 is 2.00 bits per heavy atom. The molecule has 0 aromatic carbocycles. The number of aromatic nitrogens is 2. The molecule has 0 N–H and O–H groups in total. The second-order valence-corrected chi connectivity index (χ2v) is 6.40. The highest BCUT2D eigenvalue weighted by atomic mass is 16.5. The van der Waals surface area contributed by atoms with Gasteiger partial charge in [0.25, 0.3) is 0 Å². The monoisotopic (exact) mass is 320 g/mol. The summed E-state index contributed by atoms with van der Waals surface area (Å²) in [6.07, 6.45) is 7.53. The molecule has 0 bridgehead atoms. The van der Waals surface area contributed by atoms with E-state index in [-0.39, 0.29) is 5.91 Å². The quantitative estimate of drug-likeness (QED) is 0.817. The molecule has 1 aromatic heterocycles. The Morgan fingerprint density at radius 1 is 1.26 bits per heavy atom. The van der Waals surface area contributed by atoms with Gasteiger partial charge in [0, 0.05) is 77.2 Å². The van der Waals surface area contributed by atoms with Gasteiger partial charge in [-0.1, -0.05) is 6.92 Å². The highest BCUT2D eigenvalue weighted by Gasteiger charge is 2.27. The number of nitrogens with zero attached hydrogens (tertiary/aromatic N) is 4. The van der Waals surface area contributed by atoms with E-state index in [1.807, 2.05) is 17.3 Å². The Kier molecular flexibility index (Phi) is 5.67. The van der Waals surface area contributed by atoms with Crippen LogP contribution in [0.15, 0.2) is 12.4 Å². The van der Waals surface area contributed by atoms with Gasteiger partial charge in [-0.05, 0) is 12.8 Å². The second kappa shape index (κ2) is 7.93. The van der Waals surface area contributed by atoms with Gasteiger partial charge in [0.1, 0.15) is 5.82 Å². The number of ether oxygens (including phenoxy) is 1. The molecule has 0 aliphatic carbocycles. The number of imidazole rings is 1. The summed E-state index contributed by atoms with van der Waals surface area (Å²) in [4.78, 5) is 21.3. The summed E-state index contributed by atoms with van der Waals surface area (Å²) >= 11 is 0. The molecule has 2 fully saturated rings. The van der Waals surface area contributed by atoms with Crippen LogP contribution >= 0.6 is 0 Å². The summed E-state index contributed by atoms with van der Waals surface area (Å²) in [5.41, 5.74) is 0. The molecule has 0 radical (unpaired) electrons. The lowest BCUT2D eigenvalue weighted by molar-refractivity contribution is -0.133. The standard InChI is InChI=1S/C17H28N4O2/c1-2-16-18-6-8-20(16)7-3-17(22)21-11-9-19(10-12-21)15-4-13-23-14-5-15/h6,8,15H,2-5,7,9-14H2,1H3. The fourth-order valence-corrected chi connectivity index (χ4v) is 3.62. The van der Waals surface area contributed by atoms with Crippen LogP contribution in [0.1, 0.15) is 32.0 Å². The third-order valence-corrected chi connectivity index (χ3v) is 5.06. The number of aryl methyl sites for hydroxylation is 2. The smallest absolute Gasteiger partial charge is 0.224 e. The first-order valence-corrected chi connectivity index (χ1v) is 8.87. The van der Waals surface area contributed by atoms with Gasteiger partial charge in [0.15, 0.2) is 0 Å². The molecular weight excluding hydrogens is 292 g/mol. The van der Waals surface area contributed by atoms with Crippen molar-refractivity contribution < 1.29 is 9.53 Å². The Morgan fingerprint density at radius 3 is 2.70 bits per heavy atom. The Hall–Kier alpha value is -1.40. The van der Waals surface area contributed by atoms with E-state index in [1.165, 1.54) is 0 Å². The third kappa shape index (κ3) is 4.12. The SMILES string of the molecule is CCc1nccn1CCC(=O)N1CCN(C2CCOCC2)CC1. The van der Waals surface area contributed by atoms with Crippen molar-refractivity contribution in [2.24, 2.45) is 0 Å². The van der Waals surface area contributed by atoms with Gasteiger partial charge in [-0.15, -0.1) is 0 Å². The average molecular weight is 320 g/mol. The molecule has 0 atom stereocenters. The number of carbonyl (C=O) groups excluding carboxylic acids is 1. The average Bonchev–Trinajstić information content (AvgIpc) is 3.08. The molecule has 1 aromatic rings. The van der Waals surface area contributed by atoms with Crippen molar-refractivity contribution in [2.75, 3.05) is 39.4 Å². The van der Waals surface area contributed by atoms with E-state index in [0.717, 1.165) is 71.0 Å². The van der Waals surface area contributed by atoms with Gasteiger partial charge >= 0.3 is 0 Å². The maximum atomic E-state index is 12.4. The van der Waals surface area contributed by atoms with Crippen LogP contribution in [0.4, 0.5) is 0 Å². The van der Waals surface area contributed by atoms with Crippen LogP contribution in [0.25, 0.3) is 0 Å². The zero-order chi connectivity index (χ0) is 16.1. The number of rotatable bonds is 5. The van der Waals surface area contributed by atoms with Crippen molar-refractivity contribution in [1.29, 1.82) is 0 Å². The first-order valence-electron chi connectivity index (χ1n) is 8.87. The summed E-state index contributed by atoms with van der Waals surface area (Å²) in [6, 6.07) is 0.652. The molecule has 0 spiro atoms. The van der Waals surface area contributed by atoms with Crippen LogP contribution in [-0.2, 0) is 22.5 Å². The van der Waals surface area contributed by atoms with Crippen molar-refractivity contribution in [3.63, 3.8) is 0 Å². The van der Waals surface area contributed by atoms with Gasteiger partial charge in [-0.3, -0.25) is 9.69 Å². The van der Waals surface area contributed by atoms with E-state index in [0.29, 0.717) is 12.5 Å². The van der Waals surface area contributed by atoms with Crippen LogP contribution in [-0.4, -0.2) is 70.7 Å². The number of hydrogen-bond donors (Lipinski definition) is 0. The first-order chi connectivity index (χ1) is 11.3. The minimum atomic E-state index is 0.271. The van der Waals surface area contributed by atoms with Crippen molar-refractivity contribution in [3.05, 3.63) is 18.2 Å². The molecule has 0 unspecified atom stereocenters. The zero-order valence-electron chi connectivity index (χ0n) is 14.1. The molecule has 3 rings (SSSR count). The van der Waals surface area contributed by atoms with Crippen molar-refractivity contribution >= 4 is 5.91 Å². The Labute approximate surface area is 138 Å². The van der Waals surface area contributed by atoms with Gasteiger partial charge in [0.2, 0.25) is 5.91 Å². The molecule has 2 saturated heterocycles. The Bertz CT molecular complexity index is 502. The predicted molar refractivity (Wildman–Crippen MR) is 88.2 cm³/mol. The molecule has 2 aliphatic rings.